The molecule has 0 aliphatic heterocycles. The molecule has 0 saturated heterocycles. The Kier molecular flexibility index (Phi) is 3.35. The van der Waals surface area contributed by atoms with Crippen LogP contribution in [0.2, 0.25) is 0 Å². The summed E-state index contributed by atoms with van der Waals surface area (Å²) >= 11 is 1.54. The molecule has 0 fully saturated rings. The van der Waals surface area contributed by atoms with Crippen molar-refractivity contribution in [1.29, 1.82) is 0 Å². The number of aryl methyl sites for hydroxylation is 1. The molecule has 2 aromatic heterocycles. The van der Waals surface area contributed by atoms with E-state index in [-0.39, 0.29) is 0 Å². The number of nitrogens with two attached hydrogens (primary N) is 1. The number of anilines is 1. The number of rotatable bonds is 3. The van der Waals surface area contributed by atoms with Crippen LogP contribution in [0.1, 0.15) is 31.2 Å². The van der Waals surface area contributed by atoms with Crippen molar-refractivity contribution in [3.8, 4) is 10.8 Å². The van der Waals surface area contributed by atoms with Gasteiger partial charge >= 0.3 is 0 Å². The van der Waals surface area contributed by atoms with E-state index in [1.165, 1.54) is 11.3 Å². The maximum atomic E-state index is 5.41. The predicted octanol–water partition coefficient (Wildman–Crippen LogP) is 2.32. The van der Waals surface area contributed by atoms with Gasteiger partial charge in [-0.25, -0.2) is 20.8 Å². The Morgan fingerprint density at radius 3 is 2.59 bits per heavy atom. The van der Waals surface area contributed by atoms with Gasteiger partial charge in [0.05, 0.1) is 0 Å². The van der Waals surface area contributed by atoms with Crippen molar-refractivity contribution in [2.75, 3.05) is 5.43 Å². The zero-order valence-corrected chi connectivity index (χ0v) is 10.9. The Hall–Kier alpha value is -1.53. The fraction of sp³-hybridized carbons (Fsp3) is 0.364. The molecule has 0 amide bonds. The Labute approximate surface area is 104 Å². The fourth-order valence-corrected chi connectivity index (χ4v) is 2.12. The van der Waals surface area contributed by atoms with Gasteiger partial charge < -0.3 is 5.43 Å². The summed E-state index contributed by atoms with van der Waals surface area (Å²) < 4.78 is 0. The molecule has 5 nitrogen and oxygen atoms in total. The minimum absolute atomic E-state index is 0.324. The molecule has 0 bridgehead atoms. The molecule has 2 aromatic rings. The lowest BCUT2D eigenvalue weighted by molar-refractivity contribution is 0.816. The molecule has 90 valence electrons. The molecule has 3 N–H and O–H groups in total. The smallest absolute Gasteiger partial charge is 0.190 e. The van der Waals surface area contributed by atoms with Gasteiger partial charge in [-0.15, -0.1) is 11.3 Å². The molecule has 0 saturated carbocycles. The molecule has 0 aliphatic rings. The van der Waals surface area contributed by atoms with Crippen LogP contribution in [0.5, 0.6) is 0 Å². The number of nitrogens with one attached hydrogen (secondary N) is 1. The molecule has 17 heavy (non-hydrogen) atoms. The van der Waals surface area contributed by atoms with Crippen molar-refractivity contribution in [2.24, 2.45) is 5.84 Å². The minimum atomic E-state index is 0.324. The summed E-state index contributed by atoms with van der Waals surface area (Å²) in [6, 6.07) is 1.86. The molecular weight excluding hydrogens is 234 g/mol. The van der Waals surface area contributed by atoms with E-state index in [2.05, 4.69) is 34.2 Å². The second-order valence-electron chi connectivity index (χ2n) is 4.09. The Balaban J connectivity index is 2.49. The van der Waals surface area contributed by atoms with Crippen molar-refractivity contribution >= 4 is 17.2 Å². The van der Waals surface area contributed by atoms with Crippen LogP contribution in [0, 0.1) is 6.92 Å². The fourth-order valence-electron chi connectivity index (χ4n) is 1.39. The Morgan fingerprint density at radius 2 is 2.06 bits per heavy atom. The monoisotopic (exact) mass is 249 g/mol. The largest absolute Gasteiger partial charge is 0.308 e. The van der Waals surface area contributed by atoms with E-state index in [9.17, 15) is 0 Å². The number of aromatic nitrogens is 3. The van der Waals surface area contributed by atoms with Crippen molar-refractivity contribution in [3.63, 3.8) is 0 Å². The van der Waals surface area contributed by atoms with Crippen LogP contribution in [-0.2, 0) is 0 Å². The van der Waals surface area contributed by atoms with E-state index in [0.29, 0.717) is 17.6 Å². The maximum Gasteiger partial charge on any atom is 0.190 e. The lowest BCUT2D eigenvalue weighted by atomic mass is 10.1. The Morgan fingerprint density at radius 1 is 1.29 bits per heavy atom. The van der Waals surface area contributed by atoms with Gasteiger partial charge in [0.15, 0.2) is 10.8 Å². The number of hydrogen-bond acceptors (Lipinski definition) is 6. The van der Waals surface area contributed by atoms with Crippen LogP contribution >= 0.6 is 11.3 Å². The summed E-state index contributed by atoms with van der Waals surface area (Å²) in [5, 5.41) is 2.80. The quantitative estimate of drug-likeness (QED) is 0.645. The lowest BCUT2D eigenvalue weighted by Gasteiger charge is -2.08. The van der Waals surface area contributed by atoms with Crippen LogP contribution in [0.25, 0.3) is 10.8 Å². The maximum absolute atomic E-state index is 5.41. The Bertz CT molecular complexity index is 520. The molecule has 6 heteroatoms. The van der Waals surface area contributed by atoms with Gasteiger partial charge in [0.25, 0.3) is 0 Å². The predicted molar refractivity (Wildman–Crippen MR) is 69.8 cm³/mol. The van der Waals surface area contributed by atoms with E-state index >= 15 is 0 Å². The van der Waals surface area contributed by atoms with Crippen molar-refractivity contribution in [2.45, 2.75) is 26.7 Å². The molecule has 0 atom stereocenters. The van der Waals surface area contributed by atoms with Gasteiger partial charge in [0.2, 0.25) is 0 Å². The molecule has 0 aromatic carbocycles. The third kappa shape index (κ3) is 2.59. The highest BCUT2D eigenvalue weighted by Gasteiger charge is 2.11. The van der Waals surface area contributed by atoms with Gasteiger partial charge in [-0.1, -0.05) is 13.8 Å². The van der Waals surface area contributed by atoms with Crippen LogP contribution in [0.3, 0.4) is 0 Å². The lowest BCUT2D eigenvalue weighted by Crippen LogP contribution is -2.11. The number of hydrogen-bond donors (Lipinski definition) is 2. The molecule has 2 heterocycles. The number of nitrogen functional groups attached to an aromatic ring is 1. The molecule has 0 spiro atoms. The van der Waals surface area contributed by atoms with Gasteiger partial charge in [0.1, 0.15) is 5.82 Å². The molecular formula is C11H15N5S. The first-order valence-electron chi connectivity index (χ1n) is 5.38. The summed E-state index contributed by atoms with van der Waals surface area (Å²) in [4.78, 5) is 13.2. The van der Waals surface area contributed by atoms with Crippen LogP contribution < -0.4 is 11.3 Å². The third-order valence-electron chi connectivity index (χ3n) is 2.30. The summed E-state index contributed by atoms with van der Waals surface area (Å²) in [6.45, 7) is 6.12. The second-order valence-corrected chi connectivity index (χ2v) is 4.95. The van der Waals surface area contributed by atoms with Gasteiger partial charge in [0, 0.05) is 22.8 Å². The average Bonchev–Trinajstić information content (AvgIpc) is 2.75. The zero-order valence-electron chi connectivity index (χ0n) is 10.1. The van der Waals surface area contributed by atoms with Crippen molar-refractivity contribution in [3.05, 3.63) is 22.8 Å². The second kappa shape index (κ2) is 4.77. The van der Waals surface area contributed by atoms with Crippen LogP contribution in [0.4, 0.5) is 5.82 Å². The standard InChI is InChI=1S/C11H15N5S/c1-6(2)8-4-9(16-12)15-10(14-8)11-13-7(3)5-17-11/h4-6H,12H2,1-3H3,(H,14,15,16). The first-order valence-corrected chi connectivity index (χ1v) is 6.26. The summed E-state index contributed by atoms with van der Waals surface area (Å²) in [7, 11) is 0. The number of hydrazine groups is 1. The number of nitrogens with zero attached hydrogens (tertiary/aromatic N) is 3. The van der Waals surface area contributed by atoms with E-state index in [4.69, 9.17) is 5.84 Å². The number of thiazole rings is 1. The first-order chi connectivity index (χ1) is 8.10. The summed E-state index contributed by atoms with van der Waals surface area (Å²) in [6.07, 6.45) is 0. The van der Waals surface area contributed by atoms with E-state index in [1.807, 2.05) is 18.4 Å². The van der Waals surface area contributed by atoms with Crippen molar-refractivity contribution < 1.29 is 0 Å². The normalized spacial score (nSPS) is 10.9. The molecule has 0 radical (unpaired) electrons. The molecule has 0 unspecified atom stereocenters. The molecule has 2 rings (SSSR count). The van der Waals surface area contributed by atoms with Crippen LogP contribution in [-0.4, -0.2) is 15.0 Å². The van der Waals surface area contributed by atoms with Gasteiger partial charge in [-0.05, 0) is 12.8 Å². The van der Waals surface area contributed by atoms with Gasteiger partial charge in [-0.2, -0.15) is 0 Å². The first kappa shape index (κ1) is 11.9. The summed E-state index contributed by atoms with van der Waals surface area (Å²) in [5.74, 6) is 6.98. The topological polar surface area (TPSA) is 76.7 Å². The molecule has 0 aliphatic carbocycles. The third-order valence-corrected chi connectivity index (χ3v) is 3.25. The highest BCUT2D eigenvalue weighted by atomic mass is 32.1. The highest BCUT2D eigenvalue weighted by molar-refractivity contribution is 7.13. The minimum Gasteiger partial charge on any atom is -0.308 e. The van der Waals surface area contributed by atoms with E-state index in [1.54, 1.807) is 0 Å². The zero-order chi connectivity index (χ0) is 12.4. The van der Waals surface area contributed by atoms with Crippen LogP contribution in [0.15, 0.2) is 11.4 Å². The van der Waals surface area contributed by atoms with E-state index in [0.717, 1.165) is 16.4 Å². The van der Waals surface area contributed by atoms with E-state index < -0.39 is 0 Å². The SMILES string of the molecule is Cc1csc(-c2nc(NN)cc(C(C)C)n2)n1. The highest BCUT2D eigenvalue weighted by Crippen LogP contribution is 2.24. The van der Waals surface area contributed by atoms with Crippen molar-refractivity contribution in [1.82, 2.24) is 15.0 Å². The van der Waals surface area contributed by atoms with Gasteiger partial charge in [-0.3, -0.25) is 0 Å². The summed E-state index contributed by atoms with van der Waals surface area (Å²) in [5.41, 5.74) is 4.50. The average molecular weight is 249 g/mol.